The molecule has 11 nitrogen and oxygen atoms in total. The molecule has 1 aliphatic rings. The summed E-state index contributed by atoms with van der Waals surface area (Å²) in [6.07, 6.45) is -4.27. The Morgan fingerprint density at radius 1 is 0.828 bits per heavy atom. The maximum atomic E-state index is 12.2. The average molecular weight is 417 g/mol. The zero-order valence-corrected chi connectivity index (χ0v) is 17.1. The summed E-state index contributed by atoms with van der Waals surface area (Å²) in [5.41, 5.74) is 0. The molecule has 0 bridgehead atoms. The first-order chi connectivity index (χ1) is 13.5. The van der Waals surface area contributed by atoms with Crippen molar-refractivity contribution in [3.8, 4) is 0 Å². The number of ether oxygens (including phenoxy) is 5. The molecule has 0 radical (unpaired) electrons. The Morgan fingerprint density at radius 3 is 1.86 bits per heavy atom. The van der Waals surface area contributed by atoms with Gasteiger partial charge >= 0.3 is 23.9 Å². The molecule has 164 valence electrons. The highest BCUT2D eigenvalue weighted by molar-refractivity contribution is 5.76. The molecule has 1 N–H and O–H groups in total. The zero-order chi connectivity index (χ0) is 22.1. The summed E-state index contributed by atoms with van der Waals surface area (Å²) >= 11 is 0. The summed E-state index contributed by atoms with van der Waals surface area (Å²) in [5.74, 6) is -3.19. The maximum Gasteiger partial charge on any atom is 0.305 e. The molecule has 5 atom stereocenters. The summed E-state index contributed by atoms with van der Waals surface area (Å²) in [6, 6.07) is -1.15. The SMILES string of the molecule is CCCC(=O)N[C@H]1[C@@H](OC(C)=O)O[C@H](COC(C)=O)[C@H](OC(C)=O)[C@@H]1OC(C)=O. The van der Waals surface area contributed by atoms with Crippen molar-refractivity contribution in [1.29, 1.82) is 0 Å². The third-order valence-corrected chi connectivity index (χ3v) is 3.79. The maximum absolute atomic E-state index is 12.2. The van der Waals surface area contributed by atoms with Gasteiger partial charge in [0.05, 0.1) is 0 Å². The third kappa shape index (κ3) is 8.06. The highest BCUT2D eigenvalue weighted by Crippen LogP contribution is 2.28. The summed E-state index contributed by atoms with van der Waals surface area (Å²) in [7, 11) is 0. The van der Waals surface area contributed by atoms with Gasteiger partial charge in [-0.05, 0) is 6.42 Å². The minimum Gasteiger partial charge on any atom is -0.463 e. The quantitative estimate of drug-likeness (QED) is 0.423. The van der Waals surface area contributed by atoms with Crippen molar-refractivity contribution in [3.63, 3.8) is 0 Å². The van der Waals surface area contributed by atoms with Crippen LogP contribution in [-0.4, -0.2) is 67.0 Å². The molecule has 0 aromatic carbocycles. The first-order valence-corrected chi connectivity index (χ1v) is 9.15. The lowest BCUT2D eigenvalue weighted by Crippen LogP contribution is -2.67. The van der Waals surface area contributed by atoms with E-state index in [9.17, 15) is 24.0 Å². The van der Waals surface area contributed by atoms with Crippen molar-refractivity contribution in [3.05, 3.63) is 0 Å². The van der Waals surface area contributed by atoms with Crippen LogP contribution in [0.15, 0.2) is 0 Å². The zero-order valence-electron chi connectivity index (χ0n) is 17.1. The summed E-state index contributed by atoms with van der Waals surface area (Å²) < 4.78 is 26.3. The molecular weight excluding hydrogens is 390 g/mol. The van der Waals surface area contributed by atoms with Gasteiger partial charge in [0.1, 0.15) is 18.8 Å². The van der Waals surface area contributed by atoms with Gasteiger partial charge in [-0.1, -0.05) is 6.92 Å². The van der Waals surface area contributed by atoms with Crippen molar-refractivity contribution in [1.82, 2.24) is 5.32 Å². The molecule has 1 aliphatic heterocycles. The molecule has 29 heavy (non-hydrogen) atoms. The first kappa shape index (κ1) is 24.3. The largest absolute Gasteiger partial charge is 0.463 e. The normalized spacial score (nSPS) is 26.0. The van der Waals surface area contributed by atoms with Crippen LogP contribution in [0.25, 0.3) is 0 Å². The van der Waals surface area contributed by atoms with Gasteiger partial charge in [-0.3, -0.25) is 24.0 Å². The molecule has 0 spiro atoms. The van der Waals surface area contributed by atoms with Crippen molar-refractivity contribution in [2.45, 2.75) is 78.1 Å². The van der Waals surface area contributed by atoms with Gasteiger partial charge in [-0.25, -0.2) is 0 Å². The van der Waals surface area contributed by atoms with E-state index in [1.54, 1.807) is 6.92 Å². The van der Waals surface area contributed by atoms with Gasteiger partial charge in [0.15, 0.2) is 12.2 Å². The Kier molecular flexibility index (Phi) is 9.53. The number of carbonyl (C=O) groups excluding carboxylic acids is 5. The Balaban J connectivity index is 3.31. The second-order valence-corrected chi connectivity index (χ2v) is 6.45. The number of carbonyl (C=O) groups is 5. The van der Waals surface area contributed by atoms with Crippen molar-refractivity contribution < 1.29 is 47.7 Å². The van der Waals surface area contributed by atoms with Crippen LogP contribution in [0.3, 0.4) is 0 Å². The predicted molar refractivity (Wildman–Crippen MR) is 95.0 cm³/mol. The van der Waals surface area contributed by atoms with Crippen LogP contribution in [0.2, 0.25) is 0 Å². The van der Waals surface area contributed by atoms with Gasteiger partial charge < -0.3 is 29.0 Å². The first-order valence-electron chi connectivity index (χ1n) is 9.15. The van der Waals surface area contributed by atoms with E-state index in [1.165, 1.54) is 6.92 Å². The topological polar surface area (TPSA) is 144 Å². The van der Waals surface area contributed by atoms with E-state index in [2.05, 4.69) is 5.32 Å². The second kappa shape index (κ2) is 11.3. The highest BCUT2D eigenvalue weighted by Gasteiger charge is 2.52. The number of amides is 1. The Hall–Kier alpha value is -2.69. The van der Waals surface area contributed by atoms with Crippen LogP contribution < -0.4 is 5.32 Å². The summed E-state index contributed by atoms with van der Waals surface area (Å²) in [5, 5.41) is 2.60. The summed E-state index contributed by atoms with van der Waals surface area (Å²) in [6.45, 7) is 6.00. The Labute approximate surface area is 168 Å². The van der Waals surface area contributed by atoms with Crippen LogP contribution in [-0.2, 0) is 47.7 Å². The van der Waals surface area contributed by atoms with Crippen LogP contribution >= 0.6 is 0 Å². The standard InChI is InChI=1S/C18H27NO10/c1-6-7-14(24)19-15-17(27-11(4)22)16(26-10(3)21)13(8-25-9(2)20)29-18(15)28-12(5)23/h13,15-18H,6-8H2,1-5H3,(H,19,24)/t13-,15-,16+,17-,18+/m1/s1. The lowest BCUT2D eigenvalue weighted by atomic mass is 9.96. The van der Waals surface area contributed by atoms with Gasteiger partial charge in [0.25, 0.3) is 0 Å². The molecule has 1 heterocycles. The molecule has 1 fully saturated rings. The van der Waals surface area contributed by atoms with Gasteiger partial charge in [0.2, 0.25) is 12.2 Å². The molecule has 1 amide bonds. The van der Waals surface area contributed by atoms with E-state index in [4.69, 9.17) is 23.7 Å². The number of hydrogen-bond donors (Lipinski definition) is 1. The van der Waals surface area contributed by atoms with Gasteiger partial charge in [0, 0.05) is 34.1 Å². The van der Waals surface area contributed by atoms with Gasteiger partial charge in [-0.15, -0.1) is 0 Å². The average Bonchev–Trinajstić information content (AvgIpc) is 2.57. The van der Waals surface area contributed by atoms with E-state index in [1.807, 2.05) is 0 Å². The molecule has 1 saturated heterocycles. The van der Waals surface area contributed by atoms with E-state index in [0.717, 1.165) is 20.8 Å². The molecule has 11 heteroatoms. The smallest absolute Gasteiger partial charge is 0.305 e. The molecule has 0 aromatic heterocycles. The van der Waals surface area contributed by atoms with Crippen LogP contribution in [0.5, 0.6) is 0 Å². The fourth-order valence-electron chi connectivity index (χ4n) is 2.81. The van der Waals surface area contributed by atoms with E-state index in [0.29, 0.717) is 6.42 Å². The molecule has 0 aliphatic carbocycles. The van der Waals surface area contributed by atoms with Crippen molar-refractivity contribution in [2.75, 3.05) is 6.61 Å². The van der Waals surface area contributed by atoms with E-state index < -0.39 is 60.4 Å². The van der Waals surface area contributed by atoms with Crippen LogP contribution in [0, 0.1) is 0 Å². The number of nitrogens with one attached hydrogen (secondary N) is 1. The minimum absolute atomic E-state index is 0.158. The van der Waals surface area contributed by atoms with Crippen molar-refractivity contribution >= 4 is 29.8 Å². The van der Waals surface area contributed by atoms with Crippen LogP contribution in [0.1, 0.15) is 47.5 Å². The fourth-order valence-corrected chi connectivity index (χ4v) is 2.81. The van der Waals surface area contributed by atoms with E-state index in [-0.39, 0.29) is 13.0 Å². The summed E-state index contributed by atoms with van der Waals surface area (Å²) in [4.78, 5) is 58.2. The third-order valence-electron chi connectivity index (χ3n) is 3.79. The Bertz CT molecular complexity index is 634. The van der Waals surface area contributed by atoms with Gasteiger partial charge in [-0.2, -0.15) is 0 Å². The molecule has 0 aromatic rings. The molecule has 0 saturated carbocycles. The lowest BCUT2D eigenvalue weighted by Gasteiger charge is -2.44. The van der Waals surface area contributed by atoms with E-state index >= 15 is 0 Å². The monoisotopic (exact) mass is 417 g/mol. The highest BCUT2D eigenvalue weighted by atomic mass is 16.7. The Morgan fingerprint density at radius 2 is 1.38 bits per heavy atom. The lowest BCUT2D eigenvalue weighted by molar-refractivity contribution is -0.271. The fraction of sp³-hybridized carbons (Fsp3) is 0.722. The minimum atomic E-state index is -1.37. The predicted octanol–water partition coefficient (Wildman–Crippen LogP) is -0.0142. The number of esters is 4. The molecule has 0 unspecified atom stereocenters. The van der Waals surface area contributed by atoms with Crippen molar-refractivity contribution in [2.24, 2.45) is 0 Å². The number of hydrogen-bond acceptors (Lipinski definition) is 10. The second-order valence-electron chi connectivity index (χ2n) is 6.45. The molecule has 1 rings (SSSR count). The molecular formula is C18H27NO10. The van der Waals surface area contributed by atoms with Crippen LogP contribution in [0.4, 0.5) is 0 Å². The number of rotatable bonds is 8.